The Morgan fingerprint density at radius 3 is 0.426 bits per heavy atom. The Balaban J connectivity index is 2.09. The third-order valence-electron chi connectivity index (χ3n) is 21.4. The minimum atomic E-state index is -3.41. The highest BCUT2D eigenvalue weighted by Crippen LogP contribution is 2.66. The lowest BCUT2D eigenvalue weighted by molar-refractivity contribution is 0.557. The van der Waals surface area contributed by atoms with Crippen LogP contribution in [0.1, 0.15) is 376 Å². The Morgan fingerprint density at radius 2 is 0.309 bits per heavy atom. The molecular weight excluding hydrogens is 1160 g/mol. The molecule has 0 bridgehead atoms. The Morgan fingerprint density at radius 1 is 0.191 bits per heavy atom. The van der Waals surface area contributed by atoms with Gasteiger partial charge in [-0.25, -0.2) is 0 Å². The van der Waals surface area contributed by atoms with Crippen molar-refractivity contribution in [2.75, 3.05) is 0 Å². The molecule has 0 aromatic heterocycles. The molecule has 6 aromatic rings. The average molecular weight is 1300 g/mol. The monoisotopic (exact) mass is 1300 g/mol. The van der Waals surface area contributed by atoms with Crippen molar-refractivity contribution in [3.05, 3.63) is 220 Å². The predicted octanol–water partition coefficient (Wildman–Crippen LogP) is 26.0. The third-order valence-corrected chi connectivity index (χ3v) is 33.1. The minimum Gasteiger partial charge on any atom is -0.0818 e. The van der Waals surface area contributed by atoms with Crippen LogP contribution in [0.3, 0.4) is 0 Å². The maximum Gasteiger partial charge on any atom is 0.116 e. The molecule has 2 heteroatoms. The van der Waals surface area contributed by atoms with Crippen LogP contribution in [-0.4, -0.2) is 16.6 Å². The highest BCUT2D eigenvalue weighted by Gasteiger charge is 2.71. The van der Waals surface area contributed by atoms with Gasteiger partial charge in [-0.05, 0) is 178 Å². The van der Waals surface area contributed by atoms with Crippen molar-refractivity contribution in [3.63, 3.8) is 0 Å². The van der Waals surface area contributed by atoms with Crippen LogP contribution in [0.5, 0.6) is 0 Å². The van der Waals surface area contributed by atoms with E-state index in [1.165, 1.54) is 100 Å². The normalized spacial score (nSPS) is 15.5. The van der Waals surface area contributed by atoms with Gasteiger partial charge in [0.2, 0.25) is 0 Å². The molecule has 94 heavy (non-hydrogen) atoms. The van der Waals surface area contributed by atoms with Crippen molar-refractivity contribution >= 4 is 16.6 Å². The number of benzene rings is 6. The number of rotatable bonds is 11. The van der Waals surface area contributed by atoms with Gasteiger partial charge < -0.3 is 0 Å². The fraction of sp³-hybridized carbons (Fsp3) is 0.587. The molecule has 1 aliphatic heterocycles. The van der Waals surface area contributed by atoms with Crippen LogP contribution in [0.2, 0.25) is 0 Å². The lowest BCUT2D eigenvalue weighted by Gasteiger charge is -2.51. The van der Waals surface area contributed by atoms with Crippen LogP contribution in [-0.2, 0) is 75.1 Å². The van der Waals surface area contributed by atoms with Crippen molar-refractivity contribution in [2.24, 2.45) is 0 Å². The zero-order valence-corrected chi connectivity index (χ0v) is 69.8. The molecule has 0 saturated carbocycles. The van der Waals surface area contributed by atoms with Crippen LogP contribution in [0.15, 0.2) is 120 Å². The van der Waals surface area contributed by atoms with E-state index < -0.39 is 17.7 Å². The van der Waals surface area contributed by atoms with Gasteiger partial charge in [0.25, 0.3) is 0 Å². The van der Waals surface area contributed by atoms with Gasteiger partial charge in [-0.2, -0.15) is 0 Å². The van der Waals surface area contributed by atoms with E-state index in [0.29, 0.717) is 9.04 Å². The quantitative estimate of drug-likeness (QED) is 0.0896. The van der Waals surface area contributed by atoms with Gasteiger partial charge in [0.05, 0.1) is 9.04 Å². The number of allylic oxidation sites excluding steroid dienone is 2. The van der Waals surface area contributed by atoms with Crippen molar-refractivity contribution < 1.29 is 0 Å². The molecule has 1 aliphatic rings. The highest BCUT2D eigenvalue weighted by molar-refractivity contribution is 7.40. The predicted molar refractivity (Wildman–Crippen MR) is 422 cm³/mol. The Labute approximate surface area is 583 Å². The summed E-state index contributed by atoms with van der Waals surface area (Å²) in [6, 6.07) is 49.0. The van der Waals surface area contributed by atoms with Crippen LogP contribution in [0.4, 0.5) is 0 Å². The van der Waals surface area contributed by atoms with Crippen molar-refractivity contribution in [1.82, 2.24) is 0 Å². The summed E-state index contributed by atoms with van der Waals surface area (Å²) in [5.41, 5.74) is 23.8. The fourth-order valence-electron chi connectivity index (χ4n) is 14.5. The summed E-state index contributed by atoms with van der Waals surface area (Å²) in [6.07, 6.45) is 2.00. The van der Waals surface area contributed by atoms with Gasteiger partial charge in [0.1, 0.15) is 7.59 Å². The summed E-state index contributed by atoms with van der Waals surface area (Å²) in [5, 5.41) is 2.16. The molecule has 0 aliphatic carbocycles. The first-order valence-corrected chi connectivity index (χ1v) is 40.5. The van der Waals surface area contributed by atoms with E-state index in [-0.39, 0.29) is 65.0 Å². The molecular formula is C92H136Si2. The van der Waals surface area contributed by atoms with E-state index in [2.05, 4.69) is 372 Å². The van der Waals surface area contributed by atoms with Crippen LogP contribution < -0.4 is 0 Å². The summed E-state index contributed by atoms with van der Waals surface area (Å²) in [7, 11) is -3.00. The molecule has 1 heterocycles. The maximum atomic E-state index is 2.80. The summed E-state index contributed by atoms with van der Waals surface area (Å²) < 4.78 is 0. The molecule has 0 unspecified atom stereocenters. The summed E-state index contributed by atoms with van der Waals surface area (Å²) >= 11 is 0. The van der Waals surface area contributed by atoms with E-state index in [4.69, 9.17) is 0 Å². The zero-order chi connectivity index (χ0) is 71.9. The molecule has 0 fully saturated rings. The van der Waals surface area contributed by atoms with Gasteiger partial charge in [-0.15, -0.1) is 0 Å². The Kier molecular flexibility index (Phi) is 20.0. The molecule has 0 atom stereocenters. The Hall–Kier alpha value is -4.51. The third kappa shape index (κ3) is 15.1. The van der Waals surface area contributed by atoms with Gasteiger partial charge in [0.15, 0.2) is 0 Å². The van der Waals surface area contributed by atoms with E-state index in [0.717, 1.165) is 12.8 Å². The second-order valence-electron chi connectivity index (χ2n) is 41.8. The number of hydrogen-bond acceptors (Lipinski definition) is 0. The summed E-state index contributed by atoms with van der Waals surface area (Å²) in [6.45, 7) is 94.0. The molecule has 0 amide bonds. The SMILES string of the molecule is CCC1=C(CC)[Si]1([Si]C(c1cc(C(C)(C)C)cc(C(C)(C)C)c1)(c1cc(C(C)(C)C)cc(C(C)(C)C)c1)c1cc(C(C)(C)C)cc(C(C)(C)C)c1)C(c1cc(C(C)(C)C)cc(C(C)(C)C)c1)(c1cc(C(C)(C)C)cc(C(C)(C)C)c1)c1cc(C(C)(C)C)cc(C(C)(C)C)c1. The first-order valence-electron chi connectivity index (χ1n) is 36.5. The van der Waals surface area contributed by atoms with Crippen molar-refractivity contribution in [2.45, 2.75) is 351 Å². The molecule has 6 aromatic carbocycles. The smallest absolute Gasteiger partial charge is 0.0818 e. The lowest BCUT2D eigenvalue weighted by Crippen LogP contribution is -2.62. The average Bonchev–Trinajstić information content (AvgIpc) is 1.46. The van der Waals surface area contributed by atoms with Gasteiger partial charge in [0, 0.05) is 10.1 Å². The van der Waals surface area contributed by atoms with Gasteiger partial charge in [-0.1, -0.05) is 383 Å². The second kappa shape index (κ2) is 24.4. The molecule has 7 rings (SSSR count). The molecule has 0 N–H and O–H groups in total. The Bertz CT molecular complexity index is 3240. The van der Waals surface area contributed by atoms with Gasteiger partial charge in [-0.3, -0.25) is 0 Å². The lowest BCUT2D eigenvalue weighted by atomic mass is 9.71. The first kappa shape index (κ1) is 76.9. The van der Waals surface area contributed by atoms with E-state index >= 15 is 0 Å². The van der Waals surface area contributed by atoms with Crippen molar-refractivity contribution in [3.8, 4) is 0 Å². The molecule has 2 radical (unpaired) electrons. The highest BCUT2D eigenvalue weighted by atomic mass is 29.2. The molecule has 0 spiro atoms. The molecule has 0 saturated heterocycles. The fourth-order valence-corrected chi connectivity index (χ4v) is 29.5. The standard InChI is InChI=1S/C92H136Si2/c1-39-77-78(40-2)94(77,92(74-53-65(85(21,22)23)44-66(54-74)86(24,25)26,75-55-67(87(27,28)29)45-68(56-75)88(30,31)32)76-57-69(89(33,34)35)46-70(58-76)90(36,37)38)93-91(71-47-59(79(3,4)5)41-60(48-71)80(6,7)8,72-49-61(81(9,10)11)42-62(50-72)82(12,13)14)73-51-63(83(15,16)17)43-64(52-73)84(18,19)20/h41-58H,39-40H2,1-38H3. The molecule has 0 nitrogen and oxygen atoms in total. The van der Waals surface area contributed by atoms with Crippen molar-refractivity contribution in [1.29, 1.82) is 0 Å². The maximum absolute atomic E-state index is 3.41. The van der Waals surface area contributed by atoms with E-state index in [1.54, 1.807) is 10.4 Å². The zero-order valence-electron chi connectivity index (χ0n) is 67.8. The summed E-state index contributed by atoms with van der Waals surface area (Å²) in [4.78, 5) is 0. The van der Waals surface area contributed by atoms with E-state index in [1.807, 2.05) is 0 Å². The minimum absolute atomic E-state index is 0.150. The largest absolute Gasteiger partial charge is 0.116 e. The summed E-state index contributed by atoms with van der Waals surface area (Å²) in [5.74, 6) is 0. The van der Waals surface area contributed by atoms with Crippen LogP contribution in [0, 0.1) is 0 Å². The van der Waals surface area contributed by atoms with E-state index in [9.17, 15) is 0 Å². The van der Waals surface area contributed by atoms with Crippen LogP contribution in [0.25, 0.3) is 0 Å². The first-order chi connectivity index (χ1) is 42.0. The molecule has 512 valence electrons. The second-order valence-corrected chi connectivity index (χ2v) is 49.3. The topological polar surface area (TPSA) is 0 Å². The van der Waals surface area contributed by atoms with Gasteiger partial charge >= 0.3 is 0 Å². The number of hydrogen-bond donors (Lipinski definition) is 0. The van der Waals surface area contributed by atoms with Crippen LogP contribution >= 0.6 is 0 Å².